The maximum absolute atomic E-state index is 13.5. The van der Waals surface area contributed by atoms with E-state index in [0.717, 1.165) is 10.6 Å². The van der Waals surface area contributed by atoms with Crippen LogP contribution in [-0.4, -0.2) is 87.9 Å². The Hall–Kier alpha value is -3.57. The van der Waals surface area contributed by atoms with E-state index in [0.29, 0.717) is 37.0 Å². The Kier molecular flexibility index (Phi) is 7.57. The van der Waals surface area contributed by atoms with E-state index >= 15 is 0 Å². The van der Waals surface area contributed by atoms with E-state index in [4.69, 9.17) is 16.3 Å². The average Bonchev–Trinajstić information content (AvgIpc) is 2.88. The lowest BCUT2D eigenvalue weighted by Gasteiger charge is -2.44. The number of halogens is 1. The second-order valence-corrected chi connectivity index (χ2v) is 8.86. The number of rotatable bonds is 5. The topological polar surface area (TPSA) is 136 Å². The van der Waals surface area contributed by atoms with Gasteiger partial charge in [0.05, 0.1) is 23.7 Å². The first-order valence-corrected chi connectivity index (χ1v) is 11.5. The maximum Gasteiger partial charge on any atom is 0.408 e. The monoisotopic (exact) mass is 503 g/mol. The first-order chi connectivity index (χ1) is 16.9. The number of benzene rings is 1. The van der Waals surface area contributed by atoms with Crippen LogP contribution in [0.4, 0.5) is 10.5 Å². The minimum atomic E-state index is -1.36. The molecule has 4 rings (SSSR count). The molecule has 11 nitrogen and oxygen atoms in total. The first-order valence-electron chi connectivity index (χ1n) is 11.2. The molecule has 3 N–H and O–H groups in total. The van der Waals surface area contributed by atoms with Crippen LogP contribution in [0, 0.1) is 5.92 Å². The van der Waals surface area contributed by atoms with E-state index in [2.05, 4.69) is 9.88 Å². The number of anilines is 1. The molecular formula is C23H26ClN5O6. The molecule has 2 aromatic rings. The molecule has 35 heavy (non-hydrogen) atoms. The Morgan fingerprint density at radius 2 is 1.80 bits per heavy atom. The van der Waals surface area contributed by atoms with Crippen molar-refractivity contribution < 1.29 is 29.4 Å². The second-order valence-electron chi connectivity index (χ2n) is 8.42. The number of aromatic nitrogens is 1. The zero-order valence-electron chi connectivity index (χ0n) is 18.8. The summed E-state index contributed by atoms with van der Waals surface area (Å²) in [5.41, 5.74) is 2.62. The van der Waals surface area contributed by atoms with E-state index < -0.39 is 36.0 Å². The SMILES string of the molecule is O=C(NO)[C@H]1C[C@H](Oc2cncc(Cl)c2)CN(C(=O)O)[C@@H]1C(=O)N1CCN(c2ccccc2)CC1. The number of carboxylic acid groups (broad SMARTS) is 1. The molecule has 3 atom stereocenters. The van der Waals surface area contributed by atoms with Gasteiger partial charge < -0.3 is 19.6 Å². The van der Waals surface area contributed by atoms with Crippen molar-refractivity contribution in [2.75, 3.05) is 37.6 Å². The lowest BCUT2D eigenvalue weighted by Crippen LogP contribution is -2.64. The molecule has 0 spiro atoms. The van der Waals surface area contributed by atoms with Crippen LogP contribution in [0.3, 0.4) is 0 Å². The second kappa shape index (κ2) is 10.8. The molecule has 0 radical (unpaired) electrons. The summed E-state index contributed by atoms with van der Waals surface area (Å²) < 4.78 is 5.83. The Bertz CT molecular complexity index is 1070. The third-order valence-corrected chi connectivity index (χ3v) is 6.48. The minimum absolute atomic E-state index is 0.0169. The van der Waals surface area contributed by atoms with Crippen molar-refractivity contribution in [3.05, 3.63) is 53.8 Å². The van der Waals surface area contributed by atoms with Crippen molar-refractivity contribution in [3.8, 4) is 5.75 Å². The molecule has 0 bridgehead atoms. The van der Waals surface area contributed by atoms with Gasteiger partial charge in [-0.05, 0) is 12.1 Å². The van der Waals surface area contributed by atoms with Crippen LogP contribution in [0.5, 0.6) is 5.75 Å². The van der Waals surface area contributed by atoms with Gasteiger partial charge in [0.1, 0.15) is 17.9 Å². The predicted octanol–water partition coefficient (Wildman–Crippen LogP) is 1.71. The molecule has 186 valence electrons. The molecule has 0 unspecified atom stereocenters. The smallest absolute Gasteiger partial charge is 0.408 e. The van der Waals surface area contributed by atoms with E-state index in [1.807, 2.05) is 30.3 Å². The Labute approximate surface area is 206 Å². The van der Waals surface area contributed by atoms with Gasteiger partial charge in [-0.1, -0.05) is 29.8 Å². The number of likely N-dealkylation sites (tertiary alicyclic amines) is 1. The van der Waals surface area contributed by atoms with Crippen molar-refractivity contribution in [1.29, 1.82) is 0 Å². The molecule has 1 aromatic carbocycles. The van der Waals surface area contributed by atoms with Crippen LogP contribution in [0.25, 0.3) is 0 Å². The molecule has 3 amide bonds. The number of ether oxygens (including phenoxy) is 1. The molecule has 2 aliphatic rings. The number of hydrogen-bond donors (Lipinski definition) is 3. The number of nitrogens with zero attached hydrogens (tertiary/aromatic N) is 4. The fraction of sp³-hybridized carbons (Fsp3) is 0.391. The Morgan fingerprint density at radius 1 is 1.09 bits per heavy atom. The summed E-state index contributed by atoms with van der Waals surface area (Å²) in [6.07, 6.45) is 0.741. The number of piperazine rings is 1. The highest BCUT2D eigenvalue weighted by Gasteiger charge is 2.48. The van der Waals surface area contributed by atoms with Crippen LogP contribution < -0.4 is 15.1 Å². The molecular weight excluding hydrogens is 478 g/mol. The number of carbonyl (C=O) groups excluding carboxylic acids is 2. The fourth-order valence-electron chi connectivity index (χ4n) is 4.62. The number of nitrogens with one attached hydrogen (secondary N) is 1. The van der Waals surface area contributed by atoms with E-state index in [1.165, 1.54) is 18.5 Å². The zero-order valence-corrected chi connectivity index (χ0v) is 19.5. The largest absolute Gasteiger partial charge is 0.487 e. The summed E-state index contributed by atoms with van der Waals surface area (Å²) in [5, 5.41) is 19.6. The quantitative estimate of drug-likeness (QED) is 0.414. The number of piperidine rings is 1. The average molecular weight is 504 g/mol. The number of amides is 3. The van der Waals surface area contributed by atoms with Gasteiger partial charge in [-0.25, -0.2) is 10.3 Å². The molecule has 2 saturated heterocycles. The maximum atomic E-state index is 13.5. The van der Waals surface area contributed by atoms with Gasteiger partial charge in [0, 0.05) is 50.6 Å². The first kappa shape index (κ1) is 24.6. The van der Waals surface area contributed by atoms with Gasteiger partial charge in [0.15, 0.2) is 0 Å². The predicted molar refractivity (Wildman–Crippen MR) is 125 cm³/mol. The lowest BCUT2D eigenvalue weighted by atomic mass is 9.86. The van der Waals surface area contributed by atoms with Gasteiger partial charge in [-0.15, -0.1) is 0 Å². The number of carbonyl (C=O) groups is 3. The van der Waals surface area contributed by atoms with Gasteiger partial charge in [-0.3, -0.25) is 24.7 Å². The van der Waals surface area contributed by atoms with Crippen molar-refractivity contribution in [2.24, 2.45) is 5.92 Å². The van der Waals surface area contributed by atoms with Crippen LogP contribution in [0.2, 0.25) is 5.02 Å². The number of para-hydroxylation sites is 1. The summed E-state index contributed by atoms with van der Waals surface area (Å²) in [6, 6.07) is 10.0. The Morgan fingerprint density at radius 3 is 2.43 bits per heavy atom. The third-order valence-electron chi connectivity index (χ3n) is 6.27. The summed E-state index contributed by atoms with van der Waals surface area (Å²) >= 11 is 5.95. The highest BCUT2D eigenvalue weighted by molar-refractivity contribution is 6.30. The van der Waals surface area contributed by atoms with Crippen LogP contribution in [0.15, 0.2) is 48.8 Å². The van der Waals surface area contributed by atoms with Crippen molar-refractivity contribution in [2.45, 2.75) is 18.6 Å². The van der Waals surface area contributed by atoms with Crippen LogP contribution in [-0.2, 0) is 9.59 Å². The highest BCUT2D eigenvalue weighted by atomic mass is 35.5. The molecule has 0 aliphatic carbocycles. The van der Waals surface area contributed by atoms with Gasteiger partial charge >= 0.3 is 6.09 Å². The third kappa shape index (κ3) is 5.57. The van der Waals surface area contributed by atoms with Crippen molar-refractivity contribution in [3.63, 3.8) is 0 Å². The van der Waals surface area contributed by atoms with E-state index in [1.54, 1.807) is 10.4 Å². The summed E-state index contributed by atoms with van der Waals surface area (Å²) in [5.74, 6) is -2.17. The fourth-order valence-corrected chi connectivity index (χ4v) is 4.78. The van der Waals surface area contributed by atoms with Gasteiger partial charge in [-0.2, -0.15) is 0 Å². The number of pyridine rings is 1. The molecule has 2 aliphatic heterocycles. The Balaban J connectivity index is 1.51. The molecule has 1 aromatic heterocycles. The molecule has 3 heterocycles. The van der Waals surface area contributed by atoms with Crippen molar-refractivity contribution in [1.82, 2.24) is 20.3 Å². The van der Waals surface area contributed by atoms with Crippen LogP contribution in [0.1, 0.15) is 6.42 Å². The molecule has 0 saturated carbocycles. The minimum Gasteiger partial charge on any atom is -0.487 e. The number of hydroxylamine groups is 1. The zero-order chi connectivity index (χ0) is 24.9. The molecule has 2 fully saturated rings. The van der Waals surface area contributed by atoms with E-state index in [9.17, 15) is 24.7 Å². The van der Waals surface area contributed by atoms with Gasteiger partial charge in [0.2, 0.25) is 11.8 Å². The van der Waals surface area contributed by atoms with E-state index in [-0.39, 0.29) is 13.0 Å². The normalized spacial score (nSPS) is 22.5. The van der Waals surface area contributed by atoms with Gasteiger partial charge in [0.25, 0.3) is 0 Å². The summed E-state index contributed by atoms with van der Waals surface area (Å²) in [6.45, 7) is 1.75. The summed E-state index contributed by atoms with van der Waals surface area (Å²) in [7, 11) is 0. The highest BCUT2D eigenvalue weighted by Crippen LogP contribution is 2.30. The standard InChI is InChI=1S/C23H26ClN5O6/c24-15-10-17(13-25-12-15)35-18-11-19(21(30)26-34)20(29(14-18)23(32)33)22(31)28-8-6-27(7-9-28)16-4-2-1-3-5-16/h1-5,10,12-13,18-20,34H,6-9,11,14H2,(H,26,30)(H,32,33)/t18-,19-,20-/m0/s1. The van der Waals surface area contributed by atoms with Crippen LogP contribution >= 0.6 is 11.6 Å². The lowest BCUT2D eigenvalue weighted by molar-refractivity contribution is -0.150. The van der Waals surface area contributed by atoms with Crippen molar-refractivity contribution >= 4 is 35.2 Å². The number of hydrogen-bond acceptors (Lipinski definition) is 7. The molecule has 12 heteroatoms. The summed E-state index contributed by atoms with van der Waals surface area (Å²) in [4.78, 5) is 46.8.